The molecule has 0 aliphatic rings. The largest absolute Gasteiger partial charge is 0.349 e. The molecule has 2 aromatic carbocycles. The van der Waals surface area contributed by atoms with Gasteiger partial charge in [-0.05, 0) is 42.5 Å². The first-order valence-electron chi connectivity index (χ1n) is 10.2. The Bertz CT molecular complexity index is 1000. The Labute approximate surface area is 183 Å². The number of carbonyl (C=O) groups is 1. The standard InChI is InChI=1S/C24H30N4OS/c1-17-10-12-20(13-11-17)28-21(15-25-22(29)14-24(3,4)5)26-27-23(28)30-16-19-9-7-6-8-18(19)2/h6-13H,14-16H2,1-5H3,(H,25,29). The molecule has 3 rings (SSSR count). The fourth-order valence-electron chi connectivity index (χ4n) is 3.10. The summed E-state index contributed by atoms with van der Waals surface area (Å²) in [5, 5.41) is 12.7. The molecule has 3 aromatic rings. The number of nitrogens with one attached hydrogen (secondary N) is 1. The van der Waals surface area contributed by atoms with Crippen LogP contribution in [0.25, 0.3) is 5.69 Å². The van der Waals surface area contributed by atoms with Gasteiger partial charge in [0.2, 0.25) is 5.91 Å². The summed E-state index contributed by atoms with van der Waals surface area (Å²) in [5.74, 6) is 1.57. The average molecular weight is 423 g/mol. The second-order valence-electron chi connectivity index (χ2n) is 8.80. The smallest absolute Gasteiger partial charge is 0.220 e. The monoisotopic (exact) mass is 422 g/mol. The summed E-state index contributed by atoms with van der Waals surface area (Å²) in [4.78, 5) is 12.3. The minimum Gasteiger partial charge on any atom is -0.349 e. The number of benzene rings is 2. The normalized spacial score (nSPS) is 11.5. The number of hydrogen-bond donors (Lipinski definition) is 1. The van der Waals surface area contributed by atoms with Gasteiger partial charge in [-0.15, -0.1) is 10.2 Å². The third kappa shape index (κ3) is 5.95. The van der Waals surface area contributed by atoms with Gasteiger partial charge in [0.25, 0.3) is 0 Å². The van der Waals surface area contributed by atoms with Crippen LogP contribution in [-0.4, -0.2) is 20.7 Å². The number of hydrogen-bond acceptors (Lipinski definition) is 4. The van der Waals surface area contributed by atoms with Gasteiger partial charge in [-0.3, -0.25) is 9.36 Å². The van der Waals surface area contributed by atoms with Crippen LogP contribution in [0.3, 0.4) is 0 Å². The molecule has 30 heavy (non-hydrogen) atoms. The van der Waals surface area contributed by atoms with Crippen LogP contribution in [0.1, 0.15) is 49.7 Å². The third-order valence-electron chi connectivity index (χ3n) is 4.75. The molecule has 0 atom stereocenters. The molecule has 1 aromatic heterocycles. The van der Waals surface area contributed by atoms with Crippen LogP contribution in [0.15, 0.2) is 53.7 Å². The second-order valence-corrected chi connectivity index (χ2v) is 9.74. The summed E-state index contributed by atoms with van der Waals surface area (Å²) >= 11 is 1.66. The highest BCUT2D eigenvalue weighted by atomic mass is 32.2. The molecule has 6 heteroatoms. The SMILES string of the molecule is Cc1ccc(-n2c(CNC(=O)CC(C)(C)C)nnc2SCc2ccccc2C)cc1. The molecular weight excluding hydrogens is 392 g/mol. The maximum atomic E-state index is 12.3. The Morgan fingerprint density at radius 3 is 2.40 bits per heavy atom. The van der Waals surface area contributed by atoms with Gasteiger partial charge in [-0.2, -0.15) is 0 Å². The molecule has 1 heterocycles. The van der Waals surface area contributed by atoms with Crippen molar-refractivity contribution in [3.8, 4) is 5.69 Å². The Morgan fingerprint density at radius 1 is 1.03 bits per heavy atom. The summed E-state index contributed by atoms with van der Waals surface area (Å²) in [6, 6.07) is 16.7. The molecule has 0 saturated heterocycles. The van der Waals surface area contributed by atoms with Crippen molar-refractivity contribution in [2.45, 2.75) is 58.5 Å². The van der Waals surface area contributed by atoms with Crippen molar-refractivity contribution in [2.24, 2.45) is 5.41 Å². The quantitative estimate of drug-likeness (QED) is 0.530. The molecule has 0 saturated carbocycles. The van der Waals surface area contributed by atoms with Crippen molar-refractivity contribution >= 4 is 17.7 Å². The minimum absolute atomic E-state index is 0.0232. The highest BCUT2D eigenvalue weighted by Crippen LogP contribution is 2.27. The number of thioether (sulfide) groups is 1. The van der Waals surface area contributed by atoms with Crippen LogP contribution < -0.4 is 5.32 Å². The van der Waals surface area contributed by atoms with E-state index in [4.69, 9.17) is 0 Å². The first-order valence-corrected chi connectivity index (χ1v) is 11.2. The van der Waals surface area contributed by atoms with Crippen LogP contribution in [0.4, 0.5) is 0 Å². The fraction of sp³-hybridized carbons (Fsp3) is 0.375. The summed E-state index contributed by atoms with van der Waals surface area (Å²) in [6.45, 7) is 10.7. The zero-order valence-electron chi connectivity index (χ0n) is 18.4. The number of rotatable bonds is 7. The predicted octanol–water partition coefficient (Wildman–Crippen LogP) is 5.23. The zero-order valence-corrected chi connectivity index (χ0v) is 19.2. The van der Waals surface area contributed by atoms with Gasteiger partial charge < -0.3 is 5.32 Å². The van der Waals surface area contributed by atoms with Crippen LogP contribution >= 0.6 is 11.8 Å². The molecule has 0 bridgehead atoms. The van der Waals surface area contributed by atoms with Crippen molar-refractivity contribution in [3.05, 3.63) is 71.0 Å². The van der Waals surface area contributed by atoms with Gasteiger partial charge in [0.05, 0.1) is 6.54 Å². The Morgan fingerprint density at radius 2 is 1.73 bits per heavy atom. The lowest BCUT2D eigenvalue weighted by atomic mass is 9.92. The van der Waals surface area contributed by atoms with Crippen molar-refractivity contribution in [1.82, 2.24) is 20.1 Å². The lowest BCUT2D eigenvalue weighted by molar-refractivity contribution is -0.123. The van der Waals surface area contributed by atoms with Crippen molar-refractivity contribution in [3.63, 3.8) is 0 Å². The number of nitrogens with zero attached hydrogens (tertiary/aromatic N) is 3. The first-order chi connectivity index (χ1) is 14.2. The van der Waals surface area contributed by atoms with E-state index >= 15 is 0 Å². The van der Waals surface area contributed by atoms with Crippen LogP contribution in [0, 0.1) is 19.3 Å². The molecule has 0 radical (unpaired) electrons. The van der Waals surface area contributed by atoms with Crippen LogP contribution in [0.5, 0.6) is 0 Å². The van der Waals surface area contributed by atoms with E-state index in [0.29, 0.717) is 13.0 Å². The lowest BCUT2D eigenvalue weighted by Crippen LogP contribution is -2.28. The molecule has 5 nitrogen and oxygen atoms in total. The van der Waals surface area contributed by atoms with Gasteiger partial charge >= 0.3 is 0 Å². The van der Waals surface area contributed by atoms with E-state index < -0.39 is 0 Å². The molecule has 0 spiro atoms. The van der Waals surface area contributed by atoms with E-state index in [9.17, 15) is 4.79 Å². The number of aryl methyl sites for hydroxylation is 2. The second kappa shape index (κ2) is 9.47. The van der Waals surface area contributed by atoms with E-state index in [2.05, 4.69) is 98.7 Å². The van der Waals surface area contributed by atoms with E-state index in [-0.39, 0.29) is 11.3 Å². The van der Waals surface area contributed by atoms with Crippen molar-refractivity contribution < 1.29 is 4.79 Å². The molecule has 0 unspecified atom stereocenters. The number of amides is 1. The summed E-state index contributed by atoms with van der Waals surface area (Å²) in [5.41, 5.74) is 4.68. The van der Waals surface area contributed by atoms with Gasteiger partial charge in [0.15, 0.2) is 11.0 Å². The van der Waals surface area contributed by atoms with Crippen LogP contribution in [-0.2, 0) is 17.1 Å². The maximum Gasteiger partial charge on any atom is 0.220 e. The highest BCUT2D eigenvalue weighted by molar-refractivity contribution is 7.98. The molecule has 1 amide bonds. The van der Waals surface area contributed by atoms with Gasteiger partial charge in [0, 0.05) is 17.9 Å². The molecule has 0 fully saturated rings. The Kier molecular flexibility index (Phi) is 6.98. The highest BCUT2D eigenvalue weighted by Gasteiger charge is 2.18. The van der Waals surface area contributed by atoms with Crippen LogP contribution in [0.2, 0.25) is 0 Å². The summed E-state index contributed by atoms with van der Waals surface area (Å²) < 4.78 is 2.04. The molecular formula is C24H30N4OS. The third-order valence-corrected chi connectivity index (χ3v) is 5.72. The van der Waals surface area contributed by atoms with Gasteiger partial charge in [0.1, 0.15) is 0 Å². The summed E-state index contributed by atoms with van der Waals surface area (Å²) in [7, 11) is 0. The van der Waals surface area contributed by atoms with Gasteiger partial charge in [-0.25, -0.2) is 0 Å². The molecule has 158 valence electrons. The van der Waals surface area contributed by atoms with Crippen molar-refractivity contribution in [2.75, 3.05) is 0 Å². The number of aromatic nitrogens is 3. The fourth-order valence-corrected chi connectivity index (χ4v) is 4.14. The zero-order chi connectivity index (χ0) is 21.7. The first kappa shape index (κ1) is 22.1. The van der Waals surface area contributed by atoms with Crippen molar-refractivity contribution in [1.29, 1.82) is 0 Å². The van der Waals surface area contributed by atoms with E-state index in [1.807, 2.05) is 4.57 Å². The maximum absolute atomic E-state index is 12.3. The molecule has 1 N–H and O–H groups in total. The Hall–Kier alpha value is -2.60. The van der Waals surface area contributed by atoms with E-state index in [0.717, 1.165) is 22.4 Å². The lowest BCUT2D eigenvalue weighted by Gasteiger charge is -2.17. The van der Waals surface area contributed by atoms with Gasteiger partial charge in [-0.1, -0.05) is 74.5 Å². The van der Waals surface area contributed by atoms with E-state index in [1.165, 1.54) is 16.7 Å². The average Bonchev–Trinajstić information content (AvgIpc) is 3.08. The minimum atomic E-state index is -0.0523. The van der Waals surface area contributed by atoms with E-state index in [1.54, 1.807) is 11.8 Å². The molecule has 0 aliphatic heterocycles. The number of carbonyl (C=O) groups excluding carboxylic acids is 1. The summed E-state index contributed by atoms with van der Waals surface area (Å²) in [6.07, 6.45) is 0.473. The molecule has 0 aliphatic carbocycles. The topological polar surface area (TPSA) is 59.8 Å². The predicted molar refractivity (Wildman–Crippen MR) is 123 cm³/mol. The Balaban J connectivity index is 1.83.